The van der Waals surface area contributed by atoms with Crippen LogP contribution in [0.25, 0.3) is 0 Å². The molecule has 0 unspecified atom stereocenters. The summed E-state index contributed by atoms with van der Waals surface area (Å²) in [6.07, 6.45) is 1.75. The van der Waals surface area contributed by atoms with Gasteiger partial charge in [0.15, 0.2) is 0 Å². The highest BCUT2D eigenvalue weighted by Crippen LogP contribution is 2.21. The Balaban J connectivity index is 2.02. The molecule has 0 radical (unpaired) electrons. The number of hydrogen-bond acceptors (Lipinski definition) is 4. The number of anilines is 1. The number of rotatable bonds is 7. The van der Waals surface area contributed by atoms with Crippen molar-refractivity contribution in [3.63, 3.8) is 0 Å². The second kappa shape index (κ2) is 8.40. The van der Waals surface area contributed by atoms with E-state index in [2.05, 4.69) is 10.4 Å². The van der Waals surface area contributed by atoms with Gasteiger partial charge in [-0.25, -0.2) is 0 Å². The first-order valence-electron chi connectivity index (χ1n) is 8.43. The maximum atomic E-state index is 12.6. The second-order valence-corrected chi connectivity index (χ2v) is 8.18. The molecule has 6 nitrogen and oxygen atoms in total. The van der Waals surface area contributed by atoms with Gasteiger partial charge in [0.1, 0.15) is 0 Å². The topological polar surface area (TPSA) is 84.2 Å². The van der Waals surface area contributed by atoms with Crippen LogP contribution >= 0.6 is 11.8 Å². The van der Waals surface area contributed by atoms with Crippen molar-refractivity contribution in [3.8, 4) is 0 Å². The number of carbonyl (C=O) groups is 2. The monoisotopic (exact) mass is 375 g/mol. The van der Waals surface area contributed by atoms with Gasteiger partial charge in [-0.3, -0.25) is 14.3 Å². The molecule has 0 bridgehead atoms. The van der Waals surface area contributed by atoms with Crippen molar-refractivity contribution in [2.75, 3.05) is 11.1 Å². The Morgan fingerprint density at radius 2 is 2.04 bits per heavy atom. The molecule has 1 amide bonds. The molecule has 0 aliphatic carbocycles. The average Bonchev–Trinajstić information content (AvgIpc) is 2.93. The number of carboxylic acids is 1. The van der Waals surface area contributed by atoms with E-state index in [0.29, 0.717) is 22.8 Å². The van der Waals surface area contributed by atoms with E-state index >= 15 is 0 Å². The molecular formula is C19H25N3O3S. The Morgan fingerprint density at radius 3 is 2.65 bits per heavy atom. The van der Waals surface area contributed by atoms with Gasteiger partial charge in [0, 0.05) is 22.9 Å². The highest BCUT2D eigenvalue weighted by atomic mass is 32.2. The van der Waals surface area contributed by atoms with Crippen LogP contribution in [0.1, 0.15) is 48.8 Å². The smallest absolute Gasteiger partial charge is 0.304 e. The van der Waals surface area contributed by atoms with Crippen LogP contribution < -0.4 is 5.32 Å². The maximum absolute atomic E-state index is 12.6. The molecule has 140 valence electrons. The van der Waals surface area contributed by atoms with Crippen LogP contribution in [0.15, 0.2) is 30.5 Å². The van der Waals surface area contributed by atoms with Gasteiger partial charge in [0.25, 0.3) is 5.91 Å². The molecule has 7 heteroatoms. The van der Waals surface area contributed by atoms with Gasteiger partial charge >= 0.3 is 5.97 Å². The van der Waals surface area contributed by atoms with E-state index < -0.39 is 5.97 Å². The summed E-state index contributed by atoms with van der Waals surface area (Å²) in [6.45, 7) is 8.02. The lowest BCUT2D eigenvalue weighted by atomic mass is 10.1. The van der Waals surface area contributed by atoms with E-state index in [9.17, 15) is 9.59 Å². The lowest BCUT2D eigenvalue weighted by Gasteiger charge is -2.21. The predicted molar refractivity (Wildman–Crippen MR) is 105 cm³/mol. The predicted octanol–water partition coefficient (Wildman–Crippen LogP) is 3.91. The molecule has 0 saturated heterocycles. The Morgan fingerprint density at radius 1 is 1.31 bits per heavy atom. The van der Waals surface area contributed by atoms with E-state index in [0.717, 1.165) is 11.3 Å². The Bertz CT molecular complexity index is 794. The van der Waals surface area contributed by atoms with Gasteiger partial charge in [-0.2, -0.15) is 16.9 Å². The molecule has 26 heavy (non-hydrogen) atoms. The standard InChI is InChI=1S/C19H25N3O3S/c1-13-16(11-20-22(13)19(2,3)4)18(25)21-15-7-5-6-14(10-15)12-26-9-8-17(23)24/h5-7,10-11H,8-9,12H2,1-4H3,(H,21,25)(H,23,24). The number of amides is 1. The first-order valence-corrected chi connectivity index (χ1v) is 9.59. The molecule has 2 N–H and O–H groups in total. The Hall–Kier alpha value is -2.28. The molecule has 2 aromatic rings. The molecule has 1 heterocycles. The fraction of sp³-hybridized carbons (Fsp3) is 0.421. The van der Waals surface area contributed by atoms with E-state index in [1.54, 1.807) is 18.0 Å². The molecule has 1 aromatic carbocycles. The van der Waals surface area contributed by atoms with Crippen molar-refractivity contribution in [1.29, 1.82) is 0 Å². The van der Waals surface area contributed by atoms with Crippen molar-refractivity contribution < 1.29 is 14.7 Å². The summed E-state index contributed by atoms with van der Waals surface area (Å²) in [6, 6.07) is 7.60. The number of nitrogens with zero attached hydrogens (tertiary/aromatic N) is 2. The Labute approximate surface area is 158 Å². The van der Waals surface area contributed by atoms with Gasteiger partial charge in [-0.15, -0.1) is 0 Å². The summed E-state index contributed by atoms with van der Waals surface area (Å²) < 4.78 is 1.84. The summed E-state index contributed by atoms with van der Waals surface area (Å²) in [5, 5.41) is 15.9. The lowest BCUT2D eigenvalue weighted by Crippen LogP contribution is -2.25. The highest BCUT2D eigenvalue weighted by molar-refractivity contribution is 7.98. The minimum absolute atomic E-state index is 0.151. The zero-order valence-corrected chi connectivity index (χ0v) is 16.4. The van der Waals surface area contributed by atoms with Crippen LogP contribution in [-0.2, 0) is 16.1 Å². The second-order valence-electron chi connectivity index (χ2n) is 7.08. The van der Waals surface area contributed by atoms with Crippen molar-refractivity contribution in [3.05, 3.63) is 47.3 Å². The number of aliphatic carboxylic acids is 1. The molecule has 2 rings (SSSR count). The van der Waals surface area contributed by atoms with Gasteiger partial charge in [-0.05, 0) is 45.4 Å². The van der Waals surface area contributed by atoms with Crippen LogP contribution in [0.3, 0.4) is 0 Å². The average molecular weight is 375 g/mol. The SMILES string of the molecule is Cc1c(C(=O)Nc2cccc(CSCCC(=O)O)c2)cnn1C(C)(C)C. The summed E-state index contributed by atoms with van der Waals surface area (Å²) in [5.41, 5.74) is 2.96. The fourth-order valence-electron chi connectivity index (χ4n) is 2.60. The van der Waals surface area contributed by atoms with Gasteiger partial charge in [0.05, 0.1) is 23.7 Å². The molecule has 0 aliphatic rings. The molecule has 0 saturated carbocycles. The number of benzene rings is 1. The summed E-state index contributed by atoms with van der Waals surface area (Å²) >= 11 is 1.56. The van der Waals surface area contributed by atoms with E-state index in [1.807, 2.05) is 56.6 Å². The summed E-state index contributed by atoms with van der Waals surface area (Å²) in [4.78, 5) is 23.1. The van der Waals surface area contributed by atoms with Crippen molar-refractivity contribution in [2.24, 2.45) is 0 Å². The third-order valence-corrected chi connectivity index (χ3v) is 4.83. The number of carboxylic acid groups (broad SMARTS) is 1. The van der Waals surface area contributed by atoms with Gasteiger partial charge in [0.2, 0.25) is 0 Å². The number of thioether (sulfide) groups is 1. The van der Waals surface area contributed by atoms with Crippen LogP contribution in [0.5, 0.6) is 0 Å². The molecule has 0 spiro atoms. The largest absolute Gasteiger partial charge is 0.481 e. The Kier molecular flexibility index (Phi) is 6.47. The van der Waals surface area contributed by atoms with E-state index in [4.69, 9.17) is 5.11 Å². The third kappa shape index (κ3) is 5.36. The van der Waals surface area contributed by atoms with Crippen LogP contribution in [0, 0.1) is 6.92 Å². The fourth-order valence-corrected chi connectivity index (χ4v) is 3.47. The van der Waals surface area contributed by atoms with E-state index in [1.165, 1.54) is 0 Å². The van der Waals surface area contributed by atoms with Gasteiger partial charge < -0.3 is 10.4 Å². The zero-order chi connectivity index (χ0) is 19.3. The molecule has 0 fully saturated rings. The molecule has 0 aliphatic heterocycles. The summed E-state index contributed by atoms with van der Waals surface area (Å²) in [5.74, 6) is 0.299. The summed E-state index contributed by atoms with van der Waals surface area (Å²) in [7, 11) is 0. The van der Waals surface area contributed by atoms with Crippen molar-refractivity contribution in [1.82, 2.24) is 9.78 Å². The quantitative estimate of drug-likeness (QED) is 0.717. The van der Waals surface area contributed by atoms with Gasteiger partial charge in [-0.1, -0.05) is 12.1 Å². The first kappa shape index (κ1) is 20.0. The highest BCUT2D eigenvalue weighted by Gasteiger charge is 2.21. The zero-order valence-electron chi connectivity index (χ0n) is 15.6. The number of nitrogens with one attached hydrogen (secondary N) is 1. The first-order chi connectivity index (χ1) is 12.2. The lowest BCUT2D eigenvalue weighted by molar-refractivity contribution is -0.136. The minimum Gasteiger partial charge on any atom is -0.481 e. The van der Waals surface area contributed by atoms with Crippen molar-refractivity contribution in [2.45, 2.75) is 45.4 Å². The molecular weight excluding hydrogens is 350 g/mol. The number of carbonyl (C=O) groups excluding carboxylic acids is 1. The van der Waals surface area contributed by atoms with Crippen molar-refractivity contribution >= 4 is 29.3 Å². The maximum Gasteiger partial charge on any atom is 0.304 e. The van der Waals surface area contributed by atoms with Crippen LogP contribution in [-0.4, -0.2) is 32.5 Å². The van der Waals surface area contributed by atoms with Crippen LogP contribution in [0.4, 0.5) is 5.69 Å². The third-order valence-electron chi connectivity index (χ3n) is 3.80. The van der Waals surface area contributed by atoms with Crippen LogP contribution in [0.2, 0.25) is 0 Å². The normalized spacial score (nSPS) is 11.4. The number of hydrogen-bond donors (Lipinski definition) is 2. The minimum atomic E-state index is -0.787. The molecule has 1 aromatic heterocycles. The van der Waals surface area contributed by atoms with E-state index in [-0.39, 0.29) is 17.9 Å². The number of aromatic nitrogens is 2. The molecule has 0 atom stereocenters.